The van der Waals surface area contributed by atoms with Crippen LogP contribution in [0.2, 0.25) is 5.02 Å². The summed E-state index contributed by atoms with van der Waals surface area (Å²) in [6.45, 7) is 3.33. The van der Waals surface area contributed by atoms with Gasteiger partial charge in [-0.05, 0) is 13.8 Å². The van der Waals surface area contributed by atoms with E-state index in [0.717, 1.165) is 6.07 Å². The Morgan fingerprint density at radius 2 is 2.19 bits per heavy atom. The number of nitrogens with zero attached hydrogens (tertiary/aromatic N) is 1. The van der Waals surface area contributed by atoms with E-state index in [4.69, 9.17) is 16.3 Å². The molecule has 5 nitrogen and oxygen atoms in total. The van der Waals surface area contributed by atoms with Crippen LogP contribution in [0, 0.1) is 10.1 Å². The lowest BCUT2D eigenvalue weighted by atomic mass is 10.1. The van der Waals surface area contributed by atoms with Gasteiger partial charge in [0.2, 0.25) is 0 Å². The molecular weight excluding hydrogens is 234 g/mol. The van der Waals surface area contributed by atoms with E-state index < -0.39 is 4.92 Å². The van der Waals surface area contributed by atoms with Crippen molar-refractivity contribution in [3.8, 4) is 5.75 Å². The minimum atomic E-state index is -0.592. The molecule has 0 fully saturated rings. The maximum atomic E-state index is 11.2. The first-order valence-corrected chi connectivity index (χ1v) is 4.96. The smallest absolute Gasteiger partial charge is 0.273 e. The third kappa shape index (κ3) is 2.49. The standard InChI is InChI=1S/C10H10ClNO4/c1-3-16-9-5-7(12(14)15)4-8(6(2)13)10(9)11/h4-5H,3H2,1-2H3. The Morgan fingerprint density at radius 3 is 2.62 bits per heavy atom. The van der Waals surface area contributed by atoms with E-state index >= 15 is 0 Å². The summed E-state index contributed by atoms with van der Waals surface area (Å²) >= 11 is 5.89. The van der Waals surface area contributed by atoms with E-state index in [-0.39, 0.29) is 27.8 Å². The van der Waals surface area contributed by atoms with Gasteiger partial charge in [-0.15, -0.1) is 0 Å². The van der Waals surface area contributed by atoms with Gasteiger partial charge in [0.25, 0.3) is 5.69 Å². The number of non-ortho nitro benzene ring substituents is 1. The lowest BCUT2D eigenvalue weighted by Gasteiger charge is -2.08. The highest BCUT2D eigenvalue weighted by molar-refractivity contribution is 6.35. The number of hydrogen-bond acceptors (Lipinski definition) is 4. The summed E-state index contributed by atoms with van der Waals surface area (Å²) in [5, 5.41) is 10.8. The van der Waals surface area contributed by atoms with Gasteiger partial charge in [0.1, 0.15) is 5.75 Å². The highest BCUT2D eigenvalue weighted by atomic mass is 35.5. The molecule has 6 heteroatoms. The number of halogens is 1. The highest BCUT2D eigenvalue weighted by Crippen LogP contribution is 2.33. The van der Waals surface area contributed by atoms with Gasteiger partial charge < -0.3 is 4.74 Å². The third-order valence-corrected chi connectivity index (χ3v) is 2.30. The zero-order valence-corrected chi connectivity index (χ0v) is 9.58. The van der Waals surface area contributed by atoms with Gasteiger partial charge in [-0.1, -0.05) is 11.6 Å². The molecular formula is C10H10ClNO4. The van der Waals surface area contributed by atoms with Crippen LogP contribution in [0.5, 0.6) is 5.75 Å². The quantitative estimate of drug-likeness (QED) is 0.463. The molecule has 1 rings (SSSR count). The Bertz CT molecular complexity index is 445. The van der Waals surface area contributed by atoms with E-state index in [0.29, 0.717) is 6.61 Å². The first kappa shape index (κ1) is 12.4. The predicted molar refractivity (Wildman–Crippen MR) is 59.3 cm³/mol. The zero-order valence-electron chi connectivity index (χ0n) is 8.82. The maximum Gasteiger partial charge on any atom is 0.273 e. The summed E-state index contributed by atoms with van der Waals surface area (Å²) in [4.78, 5) is 21.3. The van der Waals surface area contributed by atoms with Crippen LogP contribution in [0.15, 0.2) is 12.1 Å². The zero-order chi connectivity index (χ0) is 12.3. The second kappa shape index (κ2) is 4.94. The number of nitro benzene ring substituents is 1. The number of hydrogen-bond donors (Lipinski definition) is 0. The largest absolute Gasteiger partial charge is 0.492 e. The van der Waals surface area contributed by atoms with E-state index in [1.165, 1.54) is 13.0 Å². The molecule has 0 aliphatic heterocycles. The minimum Gasteiger partial charge on any atom is -0.492 e. The van der Waals surface area contributed by atoms with E-state index in [1.54, 1.807) is 6.92 Å². The van der Waals surface area contributed by atoms with Crippen LogP contribution in [-0.2, 0) is 0 Å². The van der Waals surface area contributed by atoms with Crippen molar-refractivity contribution in [1.82, 2.24) is 0 Å². The maximum absolute atomic E-state index is 11.2. The fraction of sp³-hybridized carbons (Fsp3) is 0.300. The SMILES string of the molecule is CCOc1cc([N+](=O)[O-])cc(C(C)=O)c1Cl. The van der Waals surface area contributed by atoms with Gasteiger partial charge in [-0.25, -0.2) is 0 Å². The molecule has 86 valence electrons. The molecule has 1 aromatic rings. The second-order valence-electron chi connectivity index (χ2n) is 3.05. The third-order valence-electron chi connectivity index (χ3n) is 1.91. The van der Waals surface area contributed by atoms with Crippen molar-refractivity contribution in [2.75, 3.05) is 6.61 Å². The topological polar surface area (TPSA) is 69.4 Å². The molecule has 0 aromatic heterocycles. The molecule has 0 aliphatic carbocycles. The van der Waals surface area contributed by atoms with Crippen molar-refractivity contribution in [3.05, 3.63) is 32.8 Å². The molecule has 1 aromatic carbocycles. The van der Waals surface area contributed by atoms with Crippen molar-refractivity contribution in [1.29, 1.82) is 0 Å². The molecule has 0 radical (unpaired) electrons. The summed E-state index contributed by atoms with van der Waals surface area (Å²) in [7, 11) is 0. The van der Waals surface area contributed by atoms with Crippen molar-refractivity contribution in [3.63, 3.8) is 0 Å². The molecule has 0 aliphatic rings. The van der Waals surface area contributed by atoms with Crippen LogP contribution >= 0.6 is 11.6 Å². The Kier molecular flexibility index (Phi) is 3.84. The molecule has 0 bridgehead atoms. The van der Waals surface area contributed by atoms with Gasteiger partial charge in [0.05, 0.1) is 22.6 Å². The van der Waals surface area contributed by atoms with Gasteiger partial charge in [0.15, 0.2) is 5.78 Å². The van der Waals surface area contributed by atoms with Gasteiger partial charge in [-0.2, -0.15) is 0 Å². The molecule has 0 atom stereocenters. The number of Topliss-reactive ketones (excluding diaryl/α,β-unsaturated/α-hetero) is 1. The molecule has 16 heavy (non-hydrogen) atoms. The molecule has 0 N–H and O–H groups in total. The Labute approximate surface area is 97.1 Å². The lowest BCUT2D eigenvalue weighted by molar-refractivity contribution is -0.385. The van der Waals surface area contributed by atoms with Crippen LogP contribution in [0.25, 0.3) is 0 Å². The number of rotatable bonds is 4. The molecule has 0 saturated carbocycles. The van der Waals surface area contributed by atoms with Crippen molar-refractivity contribution < 1.29 is 14.5 Å². The average Bonchev–Trinajstić information content (AvgIpc) is 2.20. The monoisotopic (exact) mass is 243 g/mol. The van der Waals surface area contributed by atoms with Crippen LogP contribution in [0.3, 0.4) is 0 Å². The Hall–Kier alpha value is -1.62. The summed E-state index contributed by atoms with van der Waals surface area (Å²) in [6.07, 6.45) is 0. The van der Waals surface area contributed by atoms with Gasteiger partial charge in [0, 0.05) is 11.6 Å². The molecule has 0 saturated heterocycles. The van der Waals surface area contributed by atoms with Gasteiger partial charge >= 0.3 is 0 Å². The summed E-state index contributed by atoms with van der Waals surface area (Å²) < 4.78 is 5.13. The Balaban J connectivity index is 3.38. The Morgan fingerprint density at radius 1 is 1.56 bits per heavy atom. The van der Waals surface area contributed by atoms with Gasteiger partial charge in [-0.3, -0.25) is 14.9 Å². The number of ether oxygens (including phenoxy) is 1. The minimum absolute atomic E-state index is 0.0966. The first-order chi connectivity index (χ1) is 7.47. The van der Waals surface area contributed by atoms with Crippen molar-refractivity contribution in [2.45, 2.75) is 13.8 Å². The molecule has 0 spiro atoms. The lowest BCUT2D eigenvalue weighted by Crippen LogP contribution is -2.01. The summed E-state index contributed by atoms with van der Waals surface area (Å²) in [5.41, 5.74) is -0.114. The fourth-order valence-corrected chi connectivity index (χ4v) is 1.50. The van der Waals surface area contributed by atoms with Crippen LogP contribution in [0.4, 0.5) is 5.69 Å². The summed E-state index contributed by atoms with van der Waals surface area (Å²) in [6, 6.07) is 2.35. The van der Waals surface area contributed by atoms with E-state index in [2.05, 4.69) is 0 Å². The first-order valence-electron chi connectivity index (χ1n) is 4.59. The number of benzene rings is 1. The van der Waals surface area contributed by atoms with E-state index in [9.17, 15) is 14.9 Å². The number of carbonyl (C=O) groups is 1. The number of carbonyl (C=O) groups excluding carboxylic acids is 1. The fourth-order valence-electron chi connectivity index (χ4n) is 1.21. The molecule has 0 unspecified atom stereocenters. The molecule has 0 heterocycles. The normalized spacial score (nSPS) is 9.94. The molecule has 0 amide bonds. The van der Waals surface area contributed by atoms with Crippen molar-refractivity contribution in [2.24, 2.45) is 0 Å². The van der Waals surface area contributed by atoms with Crippen molar-refractivity contribution >= 4 is 23.1 Å². The predicted octanol–water partition coefficient (Wildman–Crippen LogP) is 2.85. The van der Waals surface area contributed by atoms with Crippen LogP contribution in [-0.4, -0.2) is 17.3 Å². The highest BCUT2D eigenvalue weighted by Gasteiger charge is 2.18. The number of ketones is 1. The summed E-state index contributed by atoms with van der Waals surface area (Å²) in [5.74, 6) is -0.182. The number of nitro groups is 1. The van der Waals surface area contributed by atoms with Crippen LogP contribution < -0.4 is 4.74 Å². The van der Waals surface area contributed by atoms with Crippen LogP contribution in [0.1, 0.15) is 24.2 Å². The second-order valence-corrected chi connectivity index (χ2v) is 3.43. The van der Waals surface area contributed by atoms with E-state index in [1.807, 2.05) is 0 Å². The average molecular weight is 244 g/mol.